The maximum absolute atomic E-state index is 12.9. The Balaban J connectivity index is 1.78. The van der Waals surface area contributed by atoms with E-state index in [9.17, 15) is 9.59 Å². The summed E-state index contributed by atoms with van der Waals surface area (Å²) in [6, 6.07) is 9.13. The summed E-state index contributed by atoms with van der Waals surface area (Å²) in [5.74, 6) is -0.372. The van der Waals surface area contributed by atoms with Crippen LogP contribution in [0, 0.1) is 5.41 Å². The number of anilines is 1. The zero-order valence-corrected chi connectivity index (χ0v) is 13.5. The maximum atomic E-state index is 12.9. The van der Waals surface area contributed by atoms with E-state index in [1.807, 2.05) is 24.3 Å². The molecule has 126 valence electrons. The number of carbonyl (C=O) groups excluding carboxylic acids is 2. The van der Waals surface area contributed by atoms with E-state index in [1.54, 1.807) is 30.4 Å². The Morgan fingerprint density at radius 1 is 1.21 bits per heavy atom. The lowest BCUT2D eigenvalue weighted by molar-refractivity contribution is -0.139. The fourth-order valence-electron chi connectivity index (χ4n) is 3.06. The third kappa shape index (κ3) is 3.47. The van der Waals surface area contributed by atoms with Gasteiger partial charge < -0.3 is 20.2 Å². The number of nitrogens with one attached hydrogen (secondary N) is 2. The molecule has 2 unspecified atom stereocenters. The van der Waals surface area contributed by atoms with Crippen molar-refractivity contribution in [2.24, 2.45) is 5.41 Å². The molecule has 1 aromatic rings. The fraction of sp³-hybridized carbons (Fsp3) is 0.368. The molecule has 1 aliphatic carbocycles. The Bertz CT molecular complexity index is 635. The highest BCUT2D eigenvalue weighted by molar-refractivity contribution is 6.07. The molecule has 5 heteroatoms. The Morgan fingerprint density at radius 2 is 1.96 bits per heavy atom. The van der Waals surface area contributed by atoms with Gasteiger partial charge in [-0.05, 0) is 38.1 Å². The van der Waals surface area contributed by atoms with Crippen LogP contribution in [-0.2, 0) is 14.3 Å². The molecule has 0 aromatic heterocycles. The van der Waals surface area contributed by atoms with Crippen molar-refractivity contribution in [3.63, 3.8) is 0 Å². The second-order valence-electron chi connectivity index (χ2n) is 6.12. The lowest BCUT2D eigenvalue weighted by atomic mass is 9.79. The van der Waals surface area contributed by atoms with Gasteiger partial charge in [-0.1, -0.05) is 42.5 Å². The van der Waals surface area contributed by atoms with Crippen molar-refractivity contribution in [2.75, 3.05) is 18.4 Å². The molecule has 0 bridgehead atoms. The van der Waals surface area contributed by atoms with Gasteiger partial charge in [0.05, 0.1) is 6.10 Å². The molecule has 5 nitrogen and oxygen atoms in total. The first-order valence-corrected chi connectivity index (χ1v) is 8.29. The minimum absolute atomic E-state index is 0.0521. The number of hydrogen-bond acceptors (Lipinski definition) is 4. The van der Waals surface area contributed by atoms with Gasteiger partial charge in [0.15, 0.2) is 5.41 Å². The first kappa shape index (κ1) is 16.6. The number of benzene rings is 1. The van der Waals surface area contributed by atoms with Crippen LogP contribution in [0.3, 0.4) is 0 Å². The highest BCUT2D eigenvalue weighted by atomic mass is 16.5. The molecule has 3 rings (SSSR count). The molecule has 2 atom stereocenters. The molecule has 0 spiro atoms. The molecule has 1 heterocycles. The molecule has 2 aliphatic rings. The van der Waals surface area contributed by atoms with Crippen LogP contribution in [0.1, 0.15) is 12.8 Å². The topological polar surface area (TPSA) is 67.4 Å². The van der Waals surface area contributed by atoms with Crippen LogP contribution in [-0.4, -0.2) is 37.5 Å². The van der Waals surface area contributed by atoms with Crippen molar-refractivity contribution in [2.45, 2.75) is 25.0 Å². The van der Waals surface area contributed by atoms with Crippen LogP contribution < -0.4 is 10.6 Å². The van der Waals surface area contributed by atoms with Crippen molar-refractivity contribution in [1.29, 1.82) is 0 Å². The van der Waals surface area contributed by atoms with Gasteiger partial charge in [0, 0.05) is 5.69 Å². The number of para-hydroxylation sites is 1. The number of piperidine rings is 1. The number of amides is 1. The van der Waals surface area contributed by atoms with E-state index < -0.39 is 11.5 Å². The third-order valence-corrected chi connectivity index (χ3v) is 4.49. The first-order valence-electron chi connectivity index (χ1n) is 8.29. The summed E-state index contributed by atoms with van der Waals surface area (Å²) < 4.78 is 6.13. The summed E-state index contributed by atoms with van der Waals surface area (Å²) in [7, 11) is 0. The summed E-state index contributed by atoms with van der Waals surface area (Å²) in [5.41, 5.74) is -0.678. The van der Waals surface area contributed by atoms with Crippen molar-refractivity contribution in [3.8, 4) is 0 Å². The van der Waals surface area contributed by atoms with E-state index in [-0.39, 0.29) is 12.0 Å². The number of rotatable bonds is 5. The van der Waals surface area contributed by atoms with Gasteiger partial charge in [-0.2, -0.15) is 0 Å². The van der Waals surface area contributed by atoms with Crippen molar-refractivity contribution < 1.29 is 14.3 Å². The van der Waals surface area contributed by atoms with Crippen LogP contribution in [0.4, 0.5) is 5.69 Å². The molecule has 1 aliphatic heterocycles. The number of allylic oxidation sites excluding steroid dienone is 2. The molecule has 0 radical (unpaired) electrons. The summed E-state index contributed by atoms with van der Waals surface area (Å²) in [6.07, 6.45) is 8.88. The highest BCUT2D eigenvalue weighted by Crippen LogP contribution is 2.32. The molecule has 0 saturated carbocycles. The second kappa shape index (κ2) is 7.55. The van der Waals surface area contributed by atoms with Crippen molar-refractivity contribution in [3.05, 3.63) is 54.6 Å². The number of ether oxygens (including phenoxy) is 1. The summed E-state index contributed by atoms with van der Waals surface area (Å²) >= 11 is 0. The predicted molar refractivity (Wildman–Crippen MR) is 92.6 cm³/mol. The zero-order chi connectivity index (χ0) is 16.8. The van der Waals surface area contributed by atoms with Gasteiger partial charge in [0.2, 0.25) is 5.91 Å². The summed E-state index contributed by atoms with van der Waals surface area (Å²) in [5, 5.41) is 6.10. The molecule has 1 aromatic carbocycles. The van der Waals surface area contributed by atoms with Crippen LogP contribution in [0.5, 0.6) is 0 Å². The molecule has 2 N–H and O–H groups in total. The predicted octanol–water partition coefficient (Wildman–Crippen LogP) is 2.07. The van der Waals surface area contributed by atoms with Gasteiger partial charge in [0.1, 0.15) is 12.4 Å². The van der Waals surface area contributed by atoms with Crippen molar-refractivity contribution >= 4 is 17.9 Å². The number of carbonyl (C=O) groups is 2. The average Bonchev–Trinajstić information content (AvgIpc) is 2.64. The quantitative estimate of drug-likeness (QED) is 0.642. The van der Waals surface area contributed by atoms with Crippen LogP contribution in [0.25, 0.3) is 0 Å². The number of aldehydes is 1. The van der Waals surface area contributed by atoms with E-state index in [2.05, 4.69) is 10.6 Å². The van der Waals surface area contributed by atoms with E-state index in [4.69, 9.17) is 4.74 Å². The van der Waals surface area contributed by atoms with E-state index >= 15 is 0 Å². The van der Waals surface area contributed by atoms with Gasteiger partial charge in [-0.25, -0.2) is 0 Å². The molecule has 1 fully saturated rings. The van der Waals surface area contributed by atoms with E-state index in [0.717, 1.165) is 25.9 Å². The monoisotopic (exact) mass is 326 g/mol. The smallest absolute Gasteiger partial charge is 0.244 e. The van der Waals surface area contributed by atoms with E-state index in [0.29, 0.717) is 12.0 Å². The van der Waals surface area contributed by atoms with Gasteiger partial charge in [-0.15, -0.1) is 0 Å². The van der Waals surface area contributed by atoms with E-state index in [1.165, 1.54) is 0 Å². The van der Waals surface area contributed by atoms with Gasteiger partial charge >= 0.3 is 0 Å². The van der Waals surface area contributed by atoms with Gasteiger partial charge in [0.25, 0.3) is 0 Å². The molecule has 24 heavy (non-hydrogen) atoms. The Hall–Kier alpha value is -2.24. The fourth-order valence-corrected chi connectivity index (χ4v) is 3.06. The average molecular weight is 326 g/mol. The van der Waals surface area contributed by atoms with Crippen molar-refractivity contribution in [1.82, 2.24) is 5.32 Å². The maximum Gasteiger partial charge on any atom is 0.244 e. The molecule has 1 saturated heterocycles. The van der Waals surface area contributed by atoms with Crippen LogP contribution in [0.15, 0.2) is 54.6 Å². The standard InChI is InChI=1S/C19H22N2O3/c22-14-19(18(23)21-15-6-2-1-3-7-15)11-5-4-8-17(19)24-16-9-12-20-13-10-16/h1-8,11,14,16-17,20H,9-10,12-13H2,(H,21,23). The molecular weight excluding hydrogens is 304 g/mol. The minimum atomic E-state index is -1.34. The highest BCUT2D eigenvalue weighted by Gasteiger charge is 2.45. The Labute approximate surface area is 141 Å². The van der Waals surface area contributed by atoms with Gasteiger partial charge in [-0.3, -0.25) is 4.79 Å². The first-order chi connectivity index (χ1) is 11.7. The zero-order valence-electron chi connectivity index (χ0n) is 13.5. The van der Waals surface area contributed by atoms with Crippen LogP contribution >= 0.6 is 0 Å². The number of hydrogen-bond donors (Lipinski definition) is 2. The lowest BCUT2D eigenvalue weighted by Gasteiger charge is -2.36. The van der Waals surface area contributed by atoms with Crippen LogP contribution in [0.2, 0.25) is 0 Å². The third-order valence-electron chi connectivity index (χ3n) is 4.49. The summed E-state index contributed by atoms with van der Waals surface area (Å²) in [6.45, 7) is 1.78. The second-order valence-corrected chi connectivity index (χ2v) is 6.12. The molecule has 1 amide bonds. The summed E-state index contributed by atoms with van der Waals surface area (Å²) in [4.78, 5) is 24.8. The lowest BCUT2D eigenvalue weighted by Crippen LogP contribution is -2.49. The SMILES string of the molecule is O=CC1(C(=O)Nc2ccccc2)C=CC=CC1OC1CCNCC1. The Kier molecular flexibility index (Phi) is 5.23. The largest absolute Gasteiger partial charge is 0.369 e. The Morgan fingerprint density at radius 3 is 2.67 bits per heavy atom. The minimum Gasteiger partial charge on any atom is -0.369 e. The normalized spacial score (nSPS) is 26.9. The molecular formula is C19H22N2O3.